The van der Waals surface area contributed by atoms with E-state index in [2.05, 4.69) is 38.9 Å². The van der Waals surface area contributed by atoms with Crippen LogP contribution in [-0.4, -0.2) is 37.7 Å². The number of thiazole rings is 1. The molecule has 1 saturated carbocycles. The predicted octanol–water partition coefficient (Wildman–Crippen LogP) is 4.22. The summed E-state index contributed by atoms with van der Waals surface area (Å²) in [7, 11) is 2.19. The Balaban J connectivity index is 1.76. The van der Waals surface area contributed by atoms with Crippen molar-refractivity contribution in [1.82, 2.24) is 19.5 Å². The zero-order valence-corrected chi connectivity index (χ0v) is 15.6. The number of hydrogen-bond donors (Lipinski definition) is 1. The fourth-order valence-corrected chi connectivity index (χ4v) is 5.59. The molecule has 0 aliphatic heterocycles. The number of fused-ring (bicyclic) bond motifs is 1. The standard InChI is InChI=1S/C17H22N4OS2/c1-11-18-17-21(19-11)16(22)15(24-17)14(12-8-9-23-10-12)20(2)13-6-4-3-5-7-13/h8-10,13-14,22H,3-7H2,1-2H3. The number of rotatable bonds is 4. The summed E-state index contributed by atoms with van der Waals surface area (Å²) in [5.74, 6) is 0.922. The second kappa shape index (κ2) is 6.46. The van der Waals surface area contributed by atoms with Crippen LogP contribution in [0.3, 0.4) is 0 Å². The summed E-state index contributed by atoms with van der Waals surface area (Å²) in [5.41, 5.74) is 1.24. The van der Waals surface area contributed by atoms with Crippen LogP contribution in [0.1, 0.15) is 54.4 Å². The SMILES string of the molecule is Cc1nc2sc(C(c3ccsc3)N(C)C3CCCCC3)c(O)n2n1. The highest BCUT2D eigenvalue weighted by Crippen LogP contribution is 2.42. The van der Waals surface area contributed by atoms with Crippen LogP contribution in [0.2, 0.25) is 0 Å². The average Bonchev–Trinajstić information content (AvgIpc) is 3.29. The van der Waals surface area contributed by atoms with Crippen molar-refractivity contribution in [2.75, 3.05) is 7.05 Å². The Morgan fingerprint density at radius 3 is 2.79 bits per heavy atom. The molecule has 0 bridgehead atoms. The quantitative estimate of drug-likeness (QED) is 0.755. The number of aromatic hydroxyl groups is 1. The monoisotopic (exact) mass is 362 g/mol. The van der Waals surface area contributed by atoms with E-state index in [-0.39, 0.29) is 11.9 Å². The molecule has 1 atom stereocenters. The largest absolute Gasteiger partial charge is 0.492 e. The number of aryl methyl sites for hydroxylation is 1. The lowest BCUT2D eigenvalue weighted by atomic mass is 9.92. The molecule has 3 aromatic heterocycles. The van der Waals surface area contributed by atoms with Crippen LogP contribution in [0.15, 0.2) is 16.8 Å². The van der Waals surface area contributed by atoms with Crippen LogP contribution < -0.4 is 0 Å². The van der Waals surface area contributed by atoms with Crippen LogP contribution in [-0.2, 0) is 0 Å². The van der Waals surface area contributed by atoms with Gasteiger partial charge in [0.05, 0.1) is 10.9 Å². The van der Waals surface area contributed by atoms with Crippen molar-refractivity contribution in [3.05, 3.63) is 33.1 Å². The first-order chi connectivity index (χ1) is 11.6. The van der Waals surface area contributed by atoms with Gasteiger partial charge in [0, 0.05) is 6.04 Å². The molecule has 4 rings (SSSR count). The maximum absolute atomic E-state index is 10.8. The van der Waals surface area contributed by atoms with Crippen LogP contribution >= 0.6 is 22.7 Å². The van der Waals surface area contributed by atoms with E-state index >= 15 is 0 Å². The summed E-state index contributed by atoms with van der Waals surface area (Å²) in [6, 6.07) is 2.79. The lowest BCUT2D eigenvalue weighted by Gasteiger charge is -2.36. The van der Waals surface area contributed by atoms with Crippen LogP contribution in [0.25, 0.3) is 4.96 Å². The molecule has 1 unspecified atom stereocenters. The molecule has 1 N–H and O–H groups in total. The highest BCUT2D eigenvalue weighted by Gasteiger charge is 2.32. The summed E-state index contributed by atoms with van der Waals surface area (Å²) < 4.78 is 1.57. The molecule has 0 radical (unpaired) electrons. The summed E-state index contributed by atoms with van der Waals surface area (Å²) in [5, 5.41) is 19.4. The van der Waals surface area contributed by atoms with Crippen molar-refractivity contribution in [3.8, 4) is 5.88 Å². The normalized spacial score (nSPS) is 17.8. The van der Waals surface area contributed by atoms with E-state index in [1.54, 1.807) is 27.2 Å². The van der Waals surface area contributed by atoms with Crippen LogP contribution in [0.4, 0.5) is 0 Å². The first-order valence-corrected chi connectivity index (χ1v) is 10.2. The molecule has 3 heterocycles. The summed E-state index contributed by atoms with van der Waals surface area (Å²) in [6.07, 6.45) is 6.40. The molecule has 0 amide bonds. The number of hydrogen-bond acceptors (Lipinski definition) is 6. The minimum atomic E-state index is 0.0631. The van der Waals surface area contributed by atoms with Crippen molar-refractivity contribution in [1.29, 1.82) is 0 Å². The molecule has 0 spiro atoms. The molecule has 1 aliphatic rings. The average molecular weight is 363 g/mol. The van der Waals surface area contributed by atoms with E-state index in [1.807, 2.05) is 6.92 Å². The Bertz CT molecular complexity index is 817. The first-order valence-electron chi connectivity index (χ1n) is 8.44. The second-order valence-corrected chi connectivity index (χ2v) is 8.35. The van der Waals surface area contributed by atoms with Gasteiger partial charge in [0.1, 0.15) is 5.82 Å². The molecule has 1 aliphatic carbocycles. The first kappa shape index (κ1) is 16.1. The Labute approximate surface area is 149 Å². The summed E-state index contributed by atoms with van der Waals surface area (Å²) in [4.78, 5) is 8.57. The van der Waals surface area contributed by atoms with Crippen molar-refractivity contribution >= 4 is 27.6 Å². The molecular weight excluding hydrogens is 340 g/mol. The molecule has 7 heteroatoms. The van der Waals surface area contributed by atoms with E-state index in [0.29, 0.717) is 11.9 Å². The Kier molecular flexibility index (Phi) is 4.32. The molecule has 3 aromatic rings. The van der Waals surface area contributed by atoms with Gasteiger partial charge < -0.3 is 5.11 Å². The molecular formula is C17H22N4OS2. The highest BCUT2D eigenvalue weighted by atomic mass is 32.1. The van der Waals surface area contributed by atoms with Gasteiger partial charge >= 0.3 is 0 Å². The molecule has 5 nitrogen and oxygen atoms in total. The van der Waals surface area contributed by atoms with Crippen molar-refractivity contribution in [3.63, 3.8) is 0 Å². The van der Waals surface area contributed by atoms with Gasteiger partial charge in [-0.05, 0) is 49.2 Å². The third-order valence-electron chi connectivity index (χ3n) is 4.97. The van der Waals surface area contributed by atoms with Gasteiger partial charge in [-0.3, -0.25) is 4.90 Å². The fraction of sp³-hybridized carbons (Fsp3) is 0.529. The third-order valence-corrected chi connectivity index (χ3v) is 6.74. The van der Waals surface area contributed by atoms with E-state index in [4.69, 9.17) is 0 Å². The van der Waals surface area contributed by atoms with E-state index in [9.17, 15) is 5.11 Å². The zero-order valence-electron chi connectivity index (χ0n) is 14.0. The lowest BCUT2D eigenvalue weighted by molar-refractivity contribution is 0.157. The van der Waals surface area contributed by atoms with E-state index < -0.39 is 0 Å². The maximum atomic E-state index is 10.8. The maximum Gasteiger partial charge on any atom is 0.230 e. The van der Waals surface area contributed by atoms with E-state index in [0.717, 1.165) is 9.84 Å². The van der Waals surface area contributed by atoms with Gasteiger partial charge in [0.2, 0.25) is 10.8 Å². The number of thiophene rings is 1. The topological polar surface area (TPSA) is 53.7 Å². The lowest BCUT2D eigenvalue weighted by Crippen LogP contribution is -2.36. The molecule has 24 heavy (non-hydrogen) atoms. The smallest absolute Gasteiger partial charge is 0.230 e. The van der Waals surface area contributed by atoms with Crippen molar-refractivity contribution in [2.45, 2.75) is 51.1 Å². The molecule has 1 fully saturated rings. The summed E-state index contributed by atoms with van der Waals surface area (Å²) >= 11 is 3.25. The van der Waals surface area contributed by atoms with Crippen molar-refractivity contribution in [2.24, 2.45) is 0 Å². The van der Waals surface area contributed by atoms with Crippen LogP contribution in [0.5, 0.6) is 5.88 Å². The van der Waals surface area contributed by atoms with Gasteiger partial charge in [-0.15, -0.1) is 5.10 Å². The Hall–Kier alpha value is -1.44. The van der Waals surface area contributed by atoms with Crippen LogP contribution in [0, 0.1) is 6.92 Å². The predicted molar refractivity (Wildman–Crippen MR) is 98.1 cm³/mol. The highest BCUT2D eigenvalue weighted by molar-refractivity contribution is 7.17. The van der Waals surface area contributed by atoms with Gasteiger partial charge in [-0.1, -0.05) is 30.6 Å². The van der Waals surface area contributed by atoms with Gasteiger partial charge in [-0.25, -0.2) is 4.98 Å². The minimum Gasteiger partial charge on any atom is -0.492 e. The molecule has 128 valence electrons. The van der Waals surface area contributed by atoms with Crippen molar-refractivity contribution < 1.29 is 5.11 Å². The fourth-order valence-electron chi connectivity index (χ4n) is 3.73. The van der Waals surface area contributed by atoms with Gasteiger partial charge in [-0.2, -0.15) is 15.9 Å². The Morgan fingerprint density at radius 1 is 1.33 bits per heavy atom. The number of nitrogens with zero attached hydrogens (tertiary/aromatic N) is 4. The molecule has 0 aromatic carbocycles. The zero-order chi connectivity index (χ0) is 16.7. The minimum absolute atomic E-state index is 0.0631. The molecule has 0 saturated heterocycles. The number of aromatic nitrogens is 3. The van der Waals surface area contributed by atoms with E-state index in [1.165, 1.54) is 37.7 Å². The van der Waals surface area contributed by atoms with Gasteiger partial charge in [0.25, 0.3) is 0 Å². The van der Waals surface area contributed by atoms with Gasteiger partial charge in [0.15, 0.2) is 0 Å². The Morgan fingerprint density at radius 2 is 2.12 bits per heavy atom. The second-order valence-electron chi connectivity index (χ2n) is 6.56. The third kappa shape index (κ3) is 2.74. The summed E-state index contributed by atoms with van der Waals surface area (Å²) in [6.45, 7) is 1.85.